The lowest BCUT2D eigenvalue weighted by atomic mass is 9.88. The van der Waals surface area contributed by atoms with Crippen LogP contribution in [0.4, 0.5) is 0 Å². The maximum absolute atomic E-state index is 12.4. The lowest BCUT2D eigenvalue weighted by Crippen LogP contribution is -2.42. The van der Waals surface area contributed by atoms with E-state index in [1.54, 1.807) is 23.5 Å². The topological polar surface area (TPSA) is 141 Å². The van der Waals surface area contributed by atoms with Gasteiger partial charge in [0.2, 0.25) is 10.0 Å². The number of fused-ring (bicyclic) bond motifs is 1. The number of nitrogens with zero attached hydrogens (tertiary/aromatic N) is 4. The number of nitrogens with two attached hydrogens (primary N) is 2. The van der Waals surface area contributed by atoms with Crippen LogP contribution in [0.3, 0.4) is 0 Å². The van der Waals surface area contributed by atoms with Crippen molar-refractivity contribution >= 4 is 38.6 Å². The van der Waals surface area contributed by atoms with Gasteiger partial charge in [-0.25, -0.2) is 12.7 Å². The Morgan fingerprint density at radius 3 is 2.44 bits per heavy atom. The number of H-pyrrole nitrogens is 1. The Kier molecular flexibility index (Phi) is 9.47. The number of primary amides is 1. The van der Waals surface area contributed by atoms with Crippen molar-refractivity contribution in [2.45, 2.75) is 44.6 Å². The molecule has 1 aromatic carbocycles. The minimum absolute atomic E-state index is 0.112. The molecule has 0 bridgehead atoms. The van der Waals surface area contributed by atoms with Gasteiger partial charge in [-0.15, -0.1) is 0 Å². The number of benzene rings is 1. The summed E-state index contributed by atoms with van der Waals surface area (Å²) in [5, 5.41) is 0.912. The zero-order valence-electron chi connectivity index (χ0n) is 23.4. The first-order valence-corrected chi connectivity index (χ1v) is 15.5. The maximum atomic E-state index is 12.4. The number of hydrogen-bond donors (Lipinski definition) is 3. The molecule has 2 fully saturated rings. The number of carbonyl (C=O) groups excluding carboxylic acids is 1. The first-order valence-electron chi connectivity index (χ1n) is 13.9. The Balaban J connectivity index is 1.49. The minimum atomic E-state index is -3.20. The average Bonchev–Trinajstić information content (AvgIpc) is 3.36. The van der Waals surface area contributed by atoms with E-state index in [1.165, 1.54) is 19.0 Å². The van der Waals surface area contributed by atoms with E-state index in [9.17, 15) is 13.2 Å². The van der Waals surface area contributed by atoms with E-state index in [0.29, 0.717) is 36.8 Å². The summed E-state index contributed by atoms with van der Waals surface area (Å²) in [6.07, 6.45) is 9.00. The first kappa shape index (κ1) is 29.3. The number of rotatable bonds is 10. The molecule has 0 saturated carbocycles. The molecule has 4 rings (SSSR count). The molecule has 10 nitrogen and oxygen atoms in total. The molecule has 0 radical (unpaired) electrons. The summed E-state index contributed by atoms with van der Waals surface area (Å²) >= 11 is 0. The molecular formula is C28H43N7O3S. The van der Waals surface area contributed by atoms with E-state index >= 15 is 0 Å². The first-order chi connectivity index (χ1) is 18.6. The number of carbonyl (C=O) groups is 1. The summed E-state index contributed by atoms with van der Waals surface area (Å²) in [5.41, 5.74) is 15.4. The van der Waals surface area contributed by atoms with E-state index in [0.717, 1.165) is 54.6 Å². The molecule has 3 heterocycles. The predicted molar refractivity (Wildman–Crippen MR) is 158 cm³/mol. The van der Waals surface area contributed by atoms with Gasteiger partial charge in [-0.1, -0.05) is 0 Å². The van der Waals surface area contributed by atoms with Crippen molar-refractivity contribution in [1.82, 2.24) is 19.1 Å². The number of allylic oxidation sites excluding steroid dienone is 1. The number of aromatic nitrogens is 1. The fourth-order valence-corrected chi connectivity index (χ4v) is 6.95. The van der Waals surface area contributed by atoms with E-state index in [2.05, 4.69) is 33.9 Å². The van der Waals surface area contributed by atoms with Gasteiger partial charge in [0.25, 0.3) is 5.91 Å². The maximum Gasteiger partial charge on any atom is 0.250 e. The van der Waals surface area contributed by atoms with Crippen LogP contribution in [-0.4, -0.2) is 105 Å². The molecule has 214 valence electrons. The van der Waals surface area contributed by atoms with Crippen LogP contribution < -0.4 is 11.5 Å². The van der Waals surface area contributed by atoms with Gasteiger partial charge in [0.05, 0.1) is 23.4 Å². The largest absolute Gasteiger partial charge is 0.404 e. The minimum Gasteiger partial charge on any atom is -0.404 e. The quantitative estimate of drug-likeness (QED) is 0.383. The predicted octanol–water partition coefficient (Wildman–Crippen LogP) is 2.19. The molecule has 1 amide bonds. The highest BCUT2D eigenvalue weighted by atomic mass is 32.2. The number of hydrogen-bond acceptors (Lipinski definition) is 7. The third-order valence-corrected chi connectivity index (χ3v) is 10.2. The lowest BCUT2D eigenvalue weighted by Gasteiger charge is -2.34. The van der Waals surface area contributed by atoms with Gasteiger partial charge in [-0.2, -0.15) is 0 Å². The monoisotopic (exact) mass is 557 g/mol. The van der Waals surface area contributed by atoms with Crippen molar-refractivity contribution in [3.8, 4) is 0 Å². The summed E-state index contributed by atoms with van der Waals surface area (Å²) in [7, 11) is 1.09. The molecule has 5 N–H and O–H groups in total. The highest BCUT2D eigenvalue weighted by Gasteiger charge is 2.29. The Morgan fingerprint density at radius 1 is 1.15 bits per heavy atom. The lowest BCUT2D eigenvalue weighted by molar-refractivity contribution is 0.100. The zero-order valence-corrected chi connectivity index (χ0v) is 24.2. The Labute approximate surface area is 232 Å². The van der Waals surface area contributed by atoms with Gasteiger partial charge < -0.3 is 26.3 Å². The fourth-order valence-electron chi connectivity index (χ4n) is 5.81. The average molecular weight is 558 g/mol. The van der Waals surface area contributed by atoms with Crippen LogP contribution in [0, 0.1) is 0 Å². The Morgan fingerprint density at radius 2 is 1.85 bits per heavy atom. The second-order valence-corrected chi connectivity index (χ2v) is 13.1. The van der Waals surface area contributed by atoms with Gasteiger partial charge in [0.15, 0.2) is 0 Å². The molecule has 1 aromatic heterocycles. The number of likely N-dealkylation sites (tertiary alicyclic amines) is 1. The number of nitrogens with one attached hydrogen (secondary N) is 1. The van der Waals surface area contributed by atoms with Gasteiger partial charge in [0, 0.05) is 55.2 Å². The fraction of sp³-hybridized carbons (Fsp3) is 0.571. The highest BCUT2D eigenvalue weighted by molar-refractivity contribution is 7.89. The highest BCUT2D eigenvalue weighted by Crippen LogP contribution is 2.36. The molecule has 39 heavy (non-hydrogen) atoms. The third kappa shape index (κ3) is 6.71. The van der Waals surface area contributed by atoms with Crippen molar-refractivity contribution in [2.24, 2.45) is 16.5 Å². The van der Waals surface area contributed by atoms with Crippen LogP contribution in [0.25, 0.3) is 16.5 Å². The van der Waals surface area contributed by atoms with Crippen LogP contribution in [0.2, 0.25) is 0 Å². The van der Waals surface area contributed by atoms with Crippen molar-refractivity contribution in [1.29, 1.82) is 0 Å². The van der Waals surface area contributed by atoms with Gasteiger partial charge in [-0.05, 0) is 89.0 Å². The van der Waals surface area contributed by atoms with E-state index in [1.807, 2.05) is 12.3 Å². The summed E-state index contributed by atoms with van der Waals surface area (Å²) in [6.45, 7) is 6.38. The third-order valence-electron chi connectivity index (χ3n) is 8.31. The summed E-state index contributed by atoms with van der Waals surface area (Å²) < 4.78 is 26.2. The van der Waals surface area contributed by atoms with Crippen molar-refractivity contribution in [3.63, 3.8) is 0 Å². The van der Waals surface area contributed by atoms with Crippen LogP contribution >= 0.6 is 0 Å². The second-order valence-electron chi connectivity index (χ2n) is 10.8. The zero-order chi connectivity index (χ0) is 28.2. The summed E-state index contributed by atoms with van der Waals surface area (Å²) in [4.78, 5) is 25.0. The number of sulfonamides is 1. The van der Waals surface area contributed by atoms with Gasteiger partial charge in [-0.3, -0.25) is 9.79 Å². The number of aromatic amines is 1. The van der Waals surface area contributed by atoms with Crippen LogP contribution in [0.15, 0.2) is 29.5 Å². The van der Waals surface area contributed by atoms with Crippen molar-refractivity contribution in [3.05, 3.63) is 41.2 Å². The molecule has 2 aliphatic heterocycles. The number of piperidine rings is 2. The molecular weight excluding hydrogens is 514 g/mol. The molecule has 2 aromatic rings. The SMILES string of the molecule is CCS(=O)(=O)N1CCC(c2c[nH]c3c(C(N)=O)cc(C(C=NCCN4CCC(N(C)C)CC4)=CN)cc23)CC1. The molecule has 0 aliphatic carbocycles. The molecule has 0 spiro atoms. The normalized spacial score (nSPS) is 19.5. The molecule has 2 saturated heterocycles. The molecule has 11 heteroatoms. The van der Waals surface area contributed by atoms with E-state index in [4.69, 9.17) is 11.5 Å². The number of aliphatic imine (C=N–C) groups is 1. The van der Waals surface area contributed by atoms with Crippen LogP contribution in [-0.2, 0) is 10.0 Å². The summed E-state index contributed by atoms with van der Waals surface area (Å²) in [5.74, 6) is -0.233. The molecule has 0 unspecified atom stereocenters. The molecule has 2 aliphatic rings. The Hall–Kier alpha value is -2.73. The second kappa shape index (κ2) is 12.6. The van der Waals surface area contributed by atoms with E-state index in [-0.39, 0.29) is 11.7 Å². The standard InChI is InChI=1S/C28H43N7O3S/c1-4-39(37,38)35-12-5-20(6-13-35)26-19-32-27-24(26)15-21(16-25(27)28(30)36)22(17-29)18-31-9-14-34-10-7-23(8-11-34)33(2)3/h15-20,23,32H,4-14,29H2,1-3H3,(H2,30,36). The Bertz CT molecular complexity index is 1320. The van der Waals surface area contributed by atoms with Crippen molar-refractivity contribution < 1.29 is 13.2 Å². The summed E-state index contributed by atoms with van der Waals surface area (Å²) in [6, 6.07) is 4.44. The smallest absolute Gasteiger partial charge is 0.250 e. The van der Waals surface area contributed by atoms with Crippen LogP contribution in [0.5, 0.6) is 0 Å². The van der Waals surface area contributed by atoms with E-state index < -0.39 is 15.9 Å². The van der Waals surface area contributed by atoms with Crippen LogP contribution in [0.1, 0.15) is 60.0 Å². The van der Waals surface area contributed by atoms with Crippen molar-refractivity contribution in [2.75, 3.05) is 59.1 Å². The van der Waals surface area contributed by atoms with Gasteiger partial charge in [0.1, 0.15) is 0 Å². The molecule has 0 atom stereocenters. The van der Waals surface area contributed by atoms with Gasteiger partial charge >= 0.3 is 0 Å². The number of amides is 1.